The van der Waals surface area contributed by atoms with Crippen LogP contribution in [0.5, 0.6) is 5.75 Å². The monoisotopic (exact) mass is 280 g/mol. The van der Waals surface area contributed by atoms with Crippen molar-refractivity contribution >= 4 is 15.6 Å². The summed E-state index contributed by atoms with van der Waals surface area (Å²) < 4.78 is 29.8. The van der Waals surface area contributed by atoms with Crippen molar-refractivity contribution in [1.82, 2.24) is 9.29 Å². The molecule has 0 amide bonds. The molecule has 2 aliphatic heterocycles. The largest absolute Gasteiger partial charge is 0.491 e. The number of sulfonamides is 1. The van der Waals surface area contributed by atoms with E-state index >= 15 is 0 Å². The maximum Gasteiger partial charge on any atom is 0.211 e. The lowest BCUT2D eigenvalue weighted by atomic mass is 10.0. The smallest absolute Gasteiger partial charge is 0.211 e. The van der Waals surface area contributed by atoms with Gasteiger partial charge in [0.1, 0.15) is 5.75 Å². The van der Waals surface area contributed by atoms with Gasteiger partial charge in [-0.1, -0.05) is 6.08 Å². The lowest BCUT2D eigenvalue weighted by Gasteiger charge is -2.24. The minimum atomic E-state index is -3.09. The zero-order valence-corrected chi connectivity index (χ0v) is 11.6. The summed E-state index contributed by atoms with van der Waals surface area (Å²) in [6.07, 6.45) is 6.60. The summed E-state index contributed by atoms with van der Waals surface area (Å²) in [5.41, 5.74) is 3.25. The fourth-order valence-corrected chi connectivity index (χ4v) is 3.21. The highest BCUT2D eigenvalue weighted by molar-refractivity contribution is 7.88. The van der Waals surface area contributed by atoms with Crippen LogP contribution in [0.4, 0.5) is 0 Å². The third-order valence-electron chi connectivity index (χ3n) is 3.55. The lowest BCUT2D eigenvalue weighted by molar-refractivity contribution is 0.355. The number of rotatable bonds is 2. The Balaban J connectivity index is 1.83. The quantitative estimate of drug-likeness (QED) is 0.813. The van der Waals surface area contributed by atoms with Crippen molar-refractivity contribution in [3.63, 3.8) is 0 Å². The molecular weight excluding hydrogens is 264 g/mol. The number of hydrogen-bond donors (Lipinski definition) is 0. The number of aromatic nitrogens is 1. The average Bonchev–Trinajstić information content (AvgIpc) is 2.85. The van der Waals surface area contributed by atoms with Gasteiger partial charge in [-0.25, -0.2) is 8.42 Å². The molecule has 0 unspecified atom stereocenters. The second kappa shape index (κ2) is 4.61. The average molecular weight is 280 g/mol. The summed E-state index contributed by atoms with van der Waals surface area (Å²) in [5, 5.41) is 0. The molecule has 0 fully saturated rings. The molecule has 1 aromatic rings. The minimum absolute atomic E-state index is 0.434. The highest BCUT2D eigenvalue weighted by Crippen LogP contribution is 2.29. The predicted molar refractivity (Wildman–Crippen MR) is 72.4 cm³/mol. The molecule has 0 aliphatic carbocycles. The van der Waals surface area contributed by atoms with Crippen LogP contribution in [0.1, 0.15) is 17.7 Å². The van der Waals surface area contributed by atoms with Gasteiger partial charge < -0.3 is 4.74 Å². The first-order valence-electron chi connectivity index (χ1n) is 6.30. The van der Waals surface area contributed by atoms with E-state index in [4.69, 9.17) is 4.74 Å². The first kappa shape index (κ1) is 12.6. The molecule has 3 rings (SSSR count). The standard InChI is InChI=1S/C13H16N2O3S/c1-19(16,17)15-5-2-10(3-6-15)12-8-11-4-7-18-13(11)9-14-12/h2,8-9H,3-7H2,1H3. The number of pyridine rings is 1. The van der Waals surface area contributed by atoms with E-state index in [1.165, 1.54) is 16.1 Å². The molecule has 5 nitrogen and oxygen atoms in total. The first-order valence-corrected chi connectivity index (χ1v) is 8.15. The molecule has 0 saturated carbocycles. The second-order valence-corrected chi connectivity index (χ2v) is 6.86. The maximum absolute atomic E-state index is 11.4. The molecule has 2 aliphatic rings. The number of ether oxygens (including phenoxy) is 1. The van der Waals surface area contributed by atoms with Crippen LogP contribution in [-0.2, 0) is 16.4 Å². The van der Waals surface area contributed by atoms with E-state index in [-0.39, 0.29) is 0 Å². The van der Waals surface area contributed by atoms with Crippen LogP contribution >= 0.6 is 0 Å². The van der Waals surface area contributed by atoms with Crippen molar-refractivity contribution in [3.8, 4) is 5.75 Å². The third kappa shape index (κ3) is 2.50. The molecular formula is C13H16N2O3S. The molecule has 102 valence electrons. The van der Waals surface area contributed by atoms with Crippen LogP contribution in [-0.4, -0.2) is 43.7 Å². The van der Waals surface area contributed by atoms with Gasteiger partial charge in [-0.2, -0.15) is 4.31 Å². The SMILES string of the molecule is CS(=O)(=O)N1CC=C(c2cc3c(cn2)OCC3)CC1. The fourth-order valence-electron chi connectivity index (χ4n) is 2.44. The van der Waals surface area contributed by atoms with E-state index in [9.17, 15) is 8.42 Å². The Hall–Kier alpha value is -1.40. The zero-order chi connectivity index (χ0) is 13.5. The van der Waals surface area contributed by atoms with Gasteiger partial charge in [0.25, 0.3) is 0 Å². The van der Waals surface area contributed by atoms with Gasteiger partial charge in [0.05, 0.1) is 24.8 Å². The van der Waals surface area contributed by atoms with Crippen LogP contribution in [0.15, 0.2) is 18.3 Å². The molecule has 0 spiro atoms. The van der Waals surface area contributed by atoms with Crippen molar-refractivity contribution < 1.29 is 13.2 Å². The minimum Gasteiger partial charge on any atom is -0.491 e. The van der Waals surface area contributed by atoms with Crippen LogP contribution in [0.2, 0.25) is 0 Å². The predicted octanol–water partition coefficient (Wildman–Crippen LogP) is 1.07. The van der Waals surface area contributed by atoms with Gasteiger partial charge in [0, 0.05) is 25.1 Å². The van der Waals surface area contributed by atoms with E-state index in [2.05, 4.69) is 11.1 Å². The van der Waals surface area contributed by atoms with Crippen LogP contribution in [0, 0.1) is 0 Å². The summed E-state index contributed by atoms with van der Waals surface area (Å²) in [7, 11) is -3.09. The first-order chi connectivity index (χ1) is 9.04. The van der Waals surface area contributed by atoms with E-state index in [1.54, 1.807) is 6.20 Å². The Morgan fingerprint density at radius 2 is 2.21 bits per heavy atom. The van der Waals surface area contributed by atoms with Crippen LogP contribution < -0.4 is 4.74 Å². The molecule has 6 heteroatoms. The molecule has 0 N–H and O–H groups in total. The van der Waals surface area contributed by atoms with Gasteiger partial charge in [0.2, 0.25) is 10.0 Å². The molecule has 0 atom stereocenters. The van der Waals surface area contributed by atoms with Crippen molar-refractivity contribution in [3.05, 3.63) is 29.6 Å². The maximum atomic E-state index is 11.4. The normalized spacial score (nSPS) is 19.7. The molecule has 0 saturated heterocycles. The fraction of sp³-hybridized carbons (Fsp3) is 0.462. The van der Waals surface area contributed by atoms with Gasteiger partial charge in [-0.3, -0.25) is 4.98 Å². The van der Waals surface area contributed by atoms with E-state index in [1.807, 2.05) is 6.08 Å². The van der Waals surface area contributed by atoms with Gasteiger partial charge in [-0.05, 0) is 18.1 Å². The van der Waals surface area contributed by atoms with Crippen molar-refractivity contribution in [2.75, 3.05) is 26.0 Å². The number of fused-ring (bicyclic) bond motifs is 1. The summed E-state index contributed by atoms with van der Waals surface area (Å²) in [4.78, 5) is 4.40. The van der Waals surface area contributed by atoms with Gasteiger partial charge >= 0.3 is 0 Å². The summed E-state index contributed by atoms with van der Waals surface area (Å²) >= 11 is 0. The lowest BCUT2D eigenvalue weighted by Crippen LogP contribution is -2.33. The topological polar surface area (TPSA) is 59.5 Å². The Morgan fingerprint density at radius 3 is 2.89 bits per heavy atom. The van der Waals surface area contributed by atoms with E-state index in [0.717, 1.165) is 30.0 Å². The molecule has 0 bridgehead atoms. The Kier molecular flexibility index (Phi) is 3.06. The summed E-state index contributed by atoms with van der Waals surface area (Å²) in [5.74, 6) is 0.873. The number of hydrogen-bond acceptors (Lipinski definition) is 4. The van der Waals surface area contributed by atoms with Crippen molar-refractivity contribution in [2.24, 2.45) is 0 Å². The summed E-state index contributed by atoms with van der Waals surface area (Å²) in [6, 6.07) is 2.06. The van der Waals surface area contributed by atoms with Crippen LogP contribution in [0.25, 0.3) is 5.57 Å². The Bertz CT molecular complexity index is 637. The molecule has 0 radical (unpaired) electrons. The van der Waals surface area contributed by atoms with E-state index in [0.29, 0.717) is 19.5 Å². The Labute approximate surface area is 113 Å². The number of nitrogens with zero attached hydrogens (tertiary/aromatic N) is 2. The van der Waals surface area contributed by atoms with E-state index < -0.39 is 10.0 Å². The molecule has 19 heavy (non-hydrogen) atoms. The highest BCUT2D eigenvalue weighted by Gasteiger charge is 2.21. The second-order valence-electron chi connectivity index (χ2n) is 4.88. The van der Waals surface area contributed by atoms with Crippen molar-refractivity contribution in [1.29, 1.82) is 0 Å². The Morgan fingerprint density at radius 1 is 1.37 bits per heavy atom. The summed E-state index contributed by atoms with van der Waals surface area (Å²) in [6.45, 7) is 1.69. The molecule has 0 aromatic carbocycles. The third-order valence-corrected chi connectivity index (χ3v) is 4.82. The van der Waals surface area contributed by atoms with Gasteiger partial charge in [-0.15, -0.1) is 0 Å². The zero-order valence-electron chi connectivity index (χ0n) is 10.8. The van der Waals surface area contributed by atoms with Crippen molar-refractivity contribution in [2.45, 2.75) is 12.8 Å². The van der Waals surface area contributed by atoms with Gasteiger partial charge in [0.15, 0.2) is 0 Å². The molecule has 1 aromatic heterocycles. The van der Waals surface area contributed by atoms with Crippen LogP contribution in [0.3, 0.4) is 0 Å². The molecule has 3 heterocycles. The highest BCUT2D eigenvalue weighted by atomic mass is 32.2.